The van der Waals surface area contributed by atoms with Gasteiger partial charge in [-0.25, -0.2) is 9.97 Å². The summed E-state index contributed by atoms with van der Waals surface area (Å²) in [6.07, 6.45) is 1.61. The Hall–Kier alpha value is -2.94. The highest BCUT2D eigenvalue weighted by atomic mass is 15.0. The van der Waals surface area contributed by atoms with Gasteiger partial charge in [0.2, 0.25) is 0 Å². The van der Waals surface area contributed by atoms with E-state index >= 15 is 0 Å². The van der Waals surface area contributed by atoms with Crippen molar-refractivity contribution in [2.45, 2.75) is 13.8 Å². The van der Waals surface area contributed by atoms with Crippen molar-refractivity contribution in [1.82, 2.24) is 9.97 Å². The number of nitrogens with zero attached hydrogens (tertiary/aromatic N) is 2. The van der Waals surface area contributed by atoms with Crippen molar-refractivity contribution >= 4 is 33.2 Å². The number of para-hydroxylation sites is 1. The number of aromatic nitrogens is 2. The molecule has 0 aliphatic carbocycles. The van der Waals surface area contributed by atoms with Gasteiger partial charge < -0.3 is 5.32 Å². The summed E-state index contributed by atoms with van der Waals surface area (Å²) < 4.78 is 0. The number of anilines is 2. The molecule has 0 amide bonds. The molecule has 3 nitrogen and oxygen atoms in total. The standard InChI is InChI=1S/C18H13N3.C2H6/c1-2-7-14(8-3-1)21-18-16-11-10-13-6-4-5-9-15(13)17(16)19-12-20-18;1-2/h1-12H,(H,19,20,21);1-2H3. The molecule has 4 rings (SSSR count). The van der Waals surface area contributed by atoms with Gasteiger partial charge in [0, 0.05) is 16.5 Å². The van der Waals surface area contributed by atoms with Crippen LogP contribution in [0.25, 0.3) is 21.7 Å². The molecule has 0 aliphatic heterocycles. The van der Waals surface area contributed by atoms with E-state index in [1.165, 1.54) is 5.39 Å². The number of hydrogen-bond acceptors (Lipinski definition) is 3. The van der Waals surface area contributed by atoms with Crippen molar-refractivity contribution in [3.63, 3.8) is 0 Å². The fraction of sp³-hybridized carbons (Fsp3) is 0.100. The largest absolute Gasteiger partial charge is 0.340 e. The van der Waals surface area contributed by atoms with Crippen LogP contribution in [0.4, 0.5) is 11.5 Å². The molecule has 23 heavy (non-hydrogen) atoms. The van der Waals surface area contributed by atoms with Gasteiger partial charge in [0.1, 0.15) is 12.1 Å². The predicted molar refractivity (Wildman–Crippen MR) is 98.1 cm³/mol. The minimum absolute atomic E-state index is 0.831. The zero-order chi connectivity index (χ0) is 16.1. The molecule has 1 N–H and O–H groups in total. The summed E-state index contributed by atoms with van der Waals surface area (Å²) in [5, 5.41) is 6.72. The van der Waals surface area contributed by atoms with Crippen LogP contribution in [0.3, 0.4) is 0 Å². The van der Waals surface area contributed by atoms with Crippen LogP contribution in [0.15, 0.2) is 73.1 Å². The Morgan fingerprint density at radius 2 is 1.43 bits per heavy atom. The second kappa shape index (κ2) is 6.88. The van der Waals surface area contributed by atoms with Crippen LogP contribution in [-0.4, -0.2) is 9.97 Å². The lowest BCUT2D eigenvalue weighted by Crippen LogP contribution is -1.96. The van der Waals surface area contributed by atoms with Gasteiger partial charge in [-0.05, 0) is 23.6 Å². The highest BCUT2D eigenvalue weighted by Gasteiger charge is 2.07. The maximum absolute atomic E-state index is 4.46. The Morgan fingerprint density at radius 1 is 0.696 bits per heavy atom. The van der Waals surface area contributed by atoms with Gasteiger partial charge in [0.15, 0.2) is 0 Å². The second-order valence-electron chi connectivity index (χ2n) is 4.90. The van der Waals surface area contributed by atoms with Crippen LogP contribution in [0, 0.1) is 0 Å². The molecular formula is C20H19N3. The first-order valence-corrected chi connectivity index (χ1v) is 7.86. The molecule has 0 saturated heterocycles. The highest BCUT2D eigenvalue weighted by molar-refractivity contribution is 6.08. The summed E-state index contributed by atoms with van der Waals surface area (Å²) in [5.41, 5.74) is 1.99. The number of fused-ring (bicyclic) bond motifs is 3. The van der Waals surface area contributed by atoms with E-state index in [0.29, 0.717) is 0 Å². The molecule has 0 bridgehead atoms. The van der Waals surface area contributed by atoms with Crippen LogP contribution in [-0.2, 0) is 0 Å². The molecule has 114 valence electrons. The Labute approximate surface area is 136 Å². The smallest absolute Gasteiger partial charge is 0.141 e. The predicted octanol–water partition coefficient (Wildman–Crippen LogP) is 5.55. The Balaban J connectivity index is 0.000000753. The SMILES string of the molecule is CC.c1ccc(Nc2ncnc3c2ccc2ccccc23)cc1. The van der Waals surface area contributed by atoms with E-state index in [2.05, 4.69) is 39.6 Å². The molecule has 1 heterocycles. The molecule has 0 saturated carbocycles. The third-order valence-electron chi connectivity index (χ3n) is 3.57. The Kier molecular flexibility index (Phi) is 4.48. The monoisotopic (exact) mass is 301 g/mol. The van der Waals surface area contributed by atoms with Gasteiger partial charge >= 0.3 is 0 Å². The maximum Gasteiger partial charge on any atom is 0.141 e. The molecule has 0 atom stereocenters. The van der Waals surface area contributed by atoms with Crippen LogP contribution in [0.5, 0.6) is 0 Å². The van der Waals surface area contributed by atoms with Crippen molar-refractivity contribution in [2.24, 2.45) is 0 Å². The molecule has 0 spiro atoms. The molecule has 4 aromatic rings. The van der Waals surface area contributed by atoms with Gasteiger partial charge in [-0.15, -0.1) is 0 Å². The quantitative estimate of drug-likeness (QED) is 0.493. The first kappa shape index (κ1) is 15.0. The van der Waals surface area contributed by atoms with Gasteiger partial charge in [-0.3, -0.25) is 0 Å². The minimum atomic E-state index is 0.831. The molecular weight excluding hydrogens is 282 g/mol. The molecule has 3 aromatic carbocycles. The Morgan fingerprint density at radius 3 is 2.26 bits per heavy atom. The second-order valence-corrected chi connectivity index (χ2v) is 4.90. The number of rotatable bonds is 2. The first-order valence-electron chi connectivity index (χ1n) is 7.86. The van der Waals surface area contributed by atoms with E-state index in [0.717, 1.165) is 27.8 Å². The van der Waals surface area contributed by atoms with E-state index < -0.39 is 0 Å². The lowest BCUT2D eigenvalue weighted by molar-refractivity contribution is 1.22. The normalized spacial score (nSPS) is 10.2. The van der Waals surface area contributed by atoms with E-state index in [-0.39, 0.29) is 0 Å². The third-order valence-corrected chi connectivity index (χ3v) is 3.57. The van der Waals surface area contributed by atoms with Crippen molar-refractivity contribution in [3.8, 4) is 0 Å². The van der Waals surface area contributed by atoms with E-state index in [1.807, 2.05) is 56.3 Å². The van der Waals surface area contributed by atoms with Crippen molar-refractivity contribution in [2.75, 3.05) is 5.32 Å². The zero-order valence-corrected chi connectivity index (χ0v) is 13.3. The number of nitrogens with one attached hydrogen (secondary N) is 1. The molecule has 0 unspecified atom stereocenters. The van der Waals surface area contributed by atoms with Gasteiger partial charge in [-0.2, -0.15) is 0 Å². The van der Waals surface area contributed by atoms with Crippen molar-refractivity contribution < 1.29 is 0 Å². The lowest BCUT2D eigenvalue weighted by Gasteiger charge is -2.09. The summed E-state index contributed by atoms with van der Waals surface area (Å²) in [5.74, 6) is 0.831. The molecule has 0 fully saturated rings. The molecule has 0 aliphatic rings. The summed E-state index contributed by atoms with van der Waals surface area (Å²) in [6.45, 7) is 4.00. The van der Waals surface area contributed by atoms with Crippen LogP contribution < -0.4 is 5.32 Å². The van der Waals surface area contributed by atoms with E-state index in [9.17, 15) is 0 Å². The average Bonchev–Trinajstić information content (AvgIpc) is 2.64. The van der Waals surface area contributed by atoms with Gasteiger partial charge in [-0.1, -0.05) is 62.4 Å². The number of hydrogen-bond donors (Lipinski definition) is 1. The molecule has 3 heteroatoms. The van der Waals surface area contributed by atoms with Gasteiger partial charge in [0.05, 0.1) is 5.52 Å². The van der Waals surface area contributed by atoms with Crippen molar-refractivity contribution in [3.05, 3.63) is 73.1 Å². The van der Waals surface area contributed by atoms with Crippen LogP contribution in [0.2, 0.25) is 0 Å². The third kappa shape index (κ3) is 2.99. The van der Waals surface area contributed by atoms with E-state index in [1.54, 1.807) is 6.33 Å². The average molecular weight is 301 g/mol. The molecule has 1 aromatic heterocycles. The lowest BCUT2D eigenvalue weighted by atomic mass is 10.1. The topological polar surface area (TPSA) is 37.8 Å². The fourth-order valence-electron chi connectivity index (χ4n) is 2.56. The fourth-order valence-corrected chi connectivity index (χ4v) is 2.56. The number of benzene rings is 3. The van der Waals surface area contributed by atoms with E-state index in [4.69, 9.17) is 0 Å². The summed E-state index contributed by atoms with van der Waals surface area (Å²) in [7, 11) is 0. The van der Waals surface area contributed by atoms with Gasteiger partial charge in [0.25, 0.3) is 0 Å². The van der Waals surface area contributed by atoms with Crippen molar-refractivity contribution in [1.29, 1.82) is 0 Å². The zero-order valence-electron chi connectivity index (χ0n) is 13.3. The summed E-state index contributed by atoms with van der Waals surface area (Å²) in [6, 6.07) is 22.5. The minimum Gasteiger partial charge on any atom is -0.340 e. The van der Waals surface area contributed by atoms with Crippen LogP contribution >= 0.6 is 0 Å². The summed E-state index contributed by atoms with van der Waals surface area (Å²) >= 11 is 0. The highest BCUT2D eigenvalue weighted by Crippen LogP contribution is 2.28. The van der Waals surface area contributed by atoms with Crippen LogP contribution in [0.1, 0.15) is 13.8 Å². The molecule has 0 radical (unpaired) electrons. The Bertz CT molecular complexity index is 917. The maximum atomic E-state index is 4.46. The summed E-state index contributed by atoms with van der Waals surface area (Å²) in [4.78, 5) is 8.85. The first-order chi connectivity index (χ1) is 11.4.